The summed E-state index contributed by atoms with van der Waals surface area (Å²) in [6.07, 6.45) is 5.37. The molecule has 6 nitrogen and oxygen atoms in total. The molecule has 0 bridgehead atoms. The van der Waals surface area contributed by atoms with Crippen molar-refractivity contribution in [1.82, 2.24) is 15.3 Å². The Kier molecular flexibility index (Phi) is 5.48. The minimum absolute atomic E-state index is 0.0291. The second-order valence-electron chi connectivity index (χ2n) is 5.65. The predicted octanol–water partition coefficient (Wildman–Crippen LogP) is 2.29. The number of aromatic nitrogens is 2. The van der Waals surface area contributed by atoms with Crippen LogP contribution in [0.1, 0.15) is 12.8 Å². The second kappa shape index (κ2) is 7.97. The molecule has 0 spiro atoms. The van der Waals surface area contributed by atoms with E-state index in [1.54, 1.807) is 42.7 Å². The zero-order chi connectivity index (χ0) is 16.8. The van der Waals surface area contributed by atoms with Gasteiger partial charge in [0.15, 0.2) is 6.61 Å². The molecule has 2 aromatic rings. The number of rotatable bonds is 5. The Hall–Kier alpha value is -2.34. The molecule has 1 fully saturated rings. The monoisotopic (exact) mass is 346 g/mol. The first kappa shape index (κ1) is 16.5. The van der Waals surface area contributed by atoms with Crippen LogP contribution in [0, 0.1) is 0 Å². The van der Waals surface area contributed by atoms with Crippen molar-refractivity contribution in [2.45, 2.75) is 18.9 Å². The van der Waals surface area contributed by atoms with Gasteiger partial charge in [0.25, 0.3) is 5.91 Å². The number of piperidine rings is 1. The third kappa shape index (κ3) is 4.58. The van der Waals surface area contributed by atoms with Crippen molar-refractivity contribution >= 4 is 23.5 Å². The highest BCUT2D eigenvalue weighted by atomic mass is 35.5. The van der Waals surface area contributed by atoms with Gasteiger partial charge >= 0.3 is 0 Å². The van der Waals surface area contributed by atoms with Gasteiger partial charge in [0.1, 0.15) is 5.75 Å². The molecule has 7 heteroatoms. The Morgan fingerprint density at radius 1 is 1.33 bits per heavy atom. The largest absolute Gasteiger partial charge is 0.484 e. The fraction of sp³-hybridized carbons (Fsp3) is 0.353. The highest BCUT2D eigenvalue weighted by Crippen LogP contribution is 2.17. The summed E-state index contributed by atoms with van der Waals surface area (Å²) in [5.41, 5.74) is 0. The van der Waals surface area contributed by atoms with Gasteiger partial charge in [-0.05, 0) is 37.1 Å². The lowest BCUT2D eigenvalue weighted by molar-refractivity contribution is -0.123. The van der Waals surface area contributed by atoms with Crippen LogP contribution in [0.15, 0.2) is 42.7 Å². The molecule has 0 aliphatic carbocycles. The number of carbonyl (C=O) groups is 1. The topological polar surface area (TPSA) is 67.3 Å². The molecule has 1 aliphatic heterocycles. The molecule has 1 aliphatic rings. The highest BCUT2D eigenvalue weighted by Gasteiger charge is 2.23. The SMILES string of the molecule is O=C(COc1cccc(Cl)c1)NC1CCCN(c2ncccn2)C1. The molecule has 1 unspecified atom stereocenters. The van der Waals surface area contributed by atoms with E-state index in [0.29, 0.717) is 23.3 Å². The molecular weight excluding hydrogens is 328 g/mol. The van der Waals surface area contributed by atoms with E-state index in [9.17, 15) is 4.79 Å². The lowest BCUT2D eigenvalue weighted by atomic mass is 10.1. The van der Waals surface area contributed by atoms with Crippen molar-refractivity contribution in [1.29, 1.82) is 0 Å². The number of hydrogen-bond acceptors (Lipinski definition) is 5. The smallest absolute Gasteiger partial charge is 0.258 e. The summed E-state index contributed by atoms with van der Waals surface area (Å²) < 4.78 is 5.47. The van der Waals surface area contributed by atoms with Crippen LogP contribution in [-0.4, -0.2) is 41.6 Å². The third-order valence-corrected chi connectivity index (χ3v) is 4.02. The van der Waals surface area contributed by atoms with Gasteiger partial charge in [0, 0.05) is 36.5 Å². The number of halogens is 1. The van der Waals surface area contributed by atoms with E-state index in [0.717, 1.165) is 19.4 Å². The van der Waals surface area contributed by atoms with Crippen molar-refractivity contribution in [3.8, 4) is 5.75 Å². The number of carbonyl (C=O) groups excluding carboxylic acids is 1. The summed E-state index contributed by atoms with van der Waals surface area (Å²) >= 11 is 5.89. The summed E-state index contributed by atoms with van der Waals surface area (Å²) in [7, 11) is 0. The quantitative estimate of drug-likeness (QED) is 0.899. The van der Waals surface area contributed by atoms with Gasteiger partial charge in [-0.2, -0.15) is 0 Å². The summed E-state index contributed by atoms with van der Waals surface area (Å²) in [4.78, 5) is 22.7. The maximum atomic E-state index is 12.1. The Morgan fingerprint density at radius 3 is 2.96 bits per heavy atom. The van der Waals surface area contributed by atoms with E-state index in [1.165, 1.54) is 0 Å². The number of anilines is 1. The normalized spacial score (nSPS) is 17.4. The number of benzene rings is 1. The van der Waals surface area contributed by atoms with E-state index in [-0.39, 0.29) is 18.6 Å². The molecular formula is C17H19ClN4O2. The van der Waals surface area contributed by atoms with Crippen LogP contribution in [0.2, 0.25) is 5.02 Å². The molecule has 1 saturated heterocycles. The Bertz CT molecular complexity index is 683. The zero-order valence-electron chi connectivity index (χ0n) is 13.2. The van der Waals surface area contributed by atoms with Crippen LogP contribution in [-0.2, 0) is 4.79 Å². The molecule has 126 valence electrons. The predicted molar refractivity (Wildman–Crippen MR) is 92.4 cm³/mol. The fourth-order valence-corrected chi connectivity index (χ4v) is 2.89. The van der Waals surface area contributed by atoms with E-state index in [2.05, 4.69) is 20.2 Å². The number of nitrogens with zero attached hydrogens (tertiary/aromatic N) is 3. The van der Waals surface area contributed by atoms with Crippen molar-refractivity contribution < 1.29 is 9.53 Å². The molecule has 24 heavy (non-hydrogen) atoms. The number of nitrogens with one attached hydrogen (secondary N) is 1. The average Bonchev–Trinajstić information content (AvgIpc) is 2.61. The van der Waals surface area contributed by atoms with Gasteiger partial charge in [-0.15, -0.1) is 0 Å². The lowest BCUT2D eigenvalue weighted by Crippen LogP contribution is -2.49. The molecule has 1 aromatic heterocycles. The van der Waals surface area contributed by atoms with Crippen LogP contribution < -0.4 is 15.0 Å². The minimum atomic E-state index is -0.143. The van der Waals surface area contributed by atoms with Crippen molar-refractivity contribution in [3.63, 3.8) is 0 Å². The van der Waals surface area contributed by atoms with Crippen LogP contribution in [0.3, 0.4) is 0 Å². The van der Waals surface area contributed by atoms with E-state index < -0.39 is 0 Å². The van der Waals surface area contributed by atoms with E-state index in [1.807, 2.05) is 0 Å². The summed E-state index contributed by atoms with van der Waals surface area (Å²) in [6, 6.07) is 8.86. The maximum Gasteiger partial charge on any atom is 0.258 e. The van der Waals surface area contributed by atoms with Gasteiger partial charge in [-0.3, -0.25) is 4.79 Å². The van der Waals surface area contributed by atoms with Crippen molar-refractivity contribution in [2.24, 2.45) is 0 Å². The second-order valence-corrected chi connectivity index (χ2v) is 6.08. The maximum absolute atomic E-state index is 12.1. The molecule has 3 rings (SSSR count). The van der Waals surface area contributed by atoms with E-state index >= 15 is 0 Å². The van der Waals surface area contributed by atoms with E-state index in [4.69, 9.17) is 16.3 Å². The van der Waals surface area contributed by atoms with Gasteiger partial charge in [-0.1, -0.05) is 17.7 Å². The minimum Gasteiger partial charge on any atom is -0.484 e. The Balaban J connectivity index is 1.49. The van der Waals surface area contributed by atoms with Crippen LogP contribution in [0.4, 0.5) is 5.95 Å². The third-order valence-electron chi connectivity index (χ3n) is 3.79. The molecule has 1 atom stereocenters. The number of hydrogen-bond donors (Lipinski definition) is 1. The Morgan fingerprint density at radius 2 is 2.17 bits per heavy atom. The van der Waals surface area contributed by atoms with Gasteiger partial charge in [0.05, 0.1) is 0 Å². The van der Waals surface area contributed by atoms with Crippen LogP contribution in [0.5, 0.6) is 5.75 Å². The zero-order valence-corrected chi connectivity index (χ0v) is 13.9. The first-order valence-electron chi connectivity index (χ1n) is 7.90. The standard InChI is InChI=1S/C17H19ClN4O2/c18-13-4-1-6-15(10-13)24-12-16(23)21-14-5-2-9-22(11-14)17-19-7-3-8-20-17/h1,3-4,6-8,10,14H,2,5,9,11-12H2,(H,21,23). The van der Waals surface area contributed by atoms with Gasteiger partial charge in [0.2, 0.25) is 5.95 Å². The number of ether oxygens (including phenoxy) is 1. The summed E-state index contributed by atoms with van der Waals surface area (Å²) in [5, 5.41) is 3.59. The molecule has 1 aromatic carbocycles. The molecule has 1 N–H and O–H groups in total. The van der Waals surface area contributed by atoms with Gasteiger partial charge < -0.3 is 15.0 Å². The van der Waals surface area contributed by atoms with Crippen molar-refractivity contribution in [3.05, 3.63) is 47.7 Å². The lowest BCUT2D eigenvalue weighted by Gasteiger charge is -2.33. The van der Waals surface area contributed by atoms with Crippen LogP contribution >= 0.6 is 11.6 Å². The molecule has 0 radical (unpaired) electrons. The van der Waals surface area contributed by atoms with Gasteiger partial charge in [-0.25, -0.2) is 9.97 Å². The van der Waals surface area contributed by atoms with Crippen molar-refractivity contribution in [2.75, 3.05) is 24.6 Å². The first-order valence-corrected chi connectivity index (χ1v) is 8.28. The first-order chi connectivity index (χ1) is 11.7. The highest BCUT2D eigenvalue weighted by molar-refractivity contribution is 6.30. The van der Waals surface area contributed by atoms with Crippen LogP contribution in [0.25, 0.3) is 0 Å². The fourth-order valence-electron chi connectivity index (χ4n) is 2.71. The Labute approximate surface area is 145 Å². The molecule has 0 saturated carbocycles. The number of amides is 1. The molecule has 2 heterocycles. The summed E-state index contributed by atoms with van der Waals surface area (Å²) in [6.45, 7) is 1.57. The average molecular weight is 347 g/mol. The molecule has 1 amide bonds. The summed E-state index contributed by atoms with van der Waals surface area (Å²) in [5.74, 6) is 1.14.